The highest BCUT2D eigenvalue weighted by atomic mass is 15.1. The minimum absolute atomic E-state index is 0.666. The Balaban J connectivity index is 1.91. The first-order valence-corrected chi connectivity index (χ1v) is 8.47. The van der Waals surface area contributed by atoms with Gasteiger partial charge in [0, 0.05) is 37.3 Å². The Bertz CT molecular complexity index is 405. The van der Waals surface area contributed by atoms with Crippen molar-refractivity contribution in [3.05, 3.63) is 17.5 Å². The van der Waals surface area contributed by atoms with E-state index in [0.717, 1.165) is 31.5 Å². The van der Waals surface area contributed by atoms with E-state index >= 15 is 0 Å². The zero-order valence-electron chi connectivity index (χ0n) is 14.2. The number of nitrogens with zero attached hydrogens (tertiary/aromatic N) is 2. The Morgan fingerprint density at radius 3 is 2.67 bits per heavy atom. The van der Waals surface area contributed by atoms with Crippen LogP contribution in [0.1, 0.15) is 56.7 Å². The van der Waals surface area contributed by atoms with Gasteiger partial charge in [-0.2, -0.15) is 5.10 Å². The van der Waals surface area contributed by atoms with Gasteiger partial charge in [-0.05, 0) is 51.6 Å². The molecule has 1 aliphatic rings. The Kier molecular flexibility index (Phi) is 6.24. The average molecular weight is 292 g/mol. The zero-order valence-corrected chi connectivity index (χ0v) is 14.2. The summed E-state index contributed by atoms with van der Waals surface area (Å²) in [6.45, 7) is 7.82. The molecule has 0 spiro atoms. The van der Waals surface area contributed by atoms with Crippen LogP contribution in [-0.4, -0.2) is 42.3 Å². The van der Waals surface area contributed by atoms with Crippen molar-refractivity contribution in [2.75, 3.05) is 27.2 Å². The Morgan fingerprint density at radius 2 is 2.05 bits per heavy atom. The van der Waals surface area contributed by atoms with Crippen molar-refractivity contribution >= 4 is 0 Å². The lowest BCUT2D eigenvalue weighted by Crippen LogP contribution is -2.27. The van der Waals surface area contributed by atoms with Gasteiger partial charge in [0.2, 0.25) is 0 Å². The maximum Gasteiger partial charge on any atom is 0.0697 e. The van der Waals surface area contributed by atoms with Crippen LogP contribution in [0.3, 0.4) is 0 Å². The highest BCUT2D eigenvalue weighted by Crippen LogP contribution is 2.38. The molecule has 1 aromatic heterocycles. The van der Waals surface area contributed by atoms with E-state index in [2.05, 4.69) is 47.5 Å². The smallest absolute Gasteiger partial charge is 0.0697 e. The number of aromatic amines is 1. The number of hydrogen-bond acceptors (Lipinski definition) is 3. The number of H-pyrrole nitrogens is 1. The summed E-state index contributed by atoms with van der Waals surface area (Å²) in [7, 11) is 4.19. The van der Waals surface area contributed by atoms with Gasteiger partial charge in [-0.3, -0.25) is 5.10 Å². The van der Waals surface area contributed by atoms with Gasteiger partial charge < -0.3 is 10.2 Å². The molecule has 0 aliphatic heterocycles. The van der Waals surface area contributed by atoms with E-state index in [1.165, 1.54) is 36.9 Å². The molecule has 4 heteroatoms. The first-order chi connectivity index (χ1) is 10.1. The summed E-state index contributed by atoms with van der Waals surface area (Å²) in [6, 6.07) is 0. The fraction of sp³-hybridized carbons (Fsp3) is 0.824. The molecular weight excluding hydrogens is 260 g/mol. The van der Waals surface area contributed by atoms with Crippen LogP contribution >= 0.6 is 0 Å². The summed E-state index contributed by atoms with van der Waals surface area (Å²) in [5, 5.41) is 10.9. The van der Waals surface area contributed by atoms with Crippen LogP contribution in [0.25, 0.3) is 0 Å². The van der Waals surface area contributed by atoms with Crippen molar-refractivity contribution in [2.24, 2.45) is 11.8 Å². The van der Waals surface area contributed by atoms with Crippen LogP contribution in [0.4, 0.5) is 0 Å². The predicted octanol–water partition coefficient (Wildman–Crippen LogP) is 2.99. The fourth-order valence-electron chi connectivity index (χ4n) is 3.54. The first-order valence-electron chi connectivity index (χ1n) is 8.47. The van der Waals surface area contributed by atoms with Gasteiger partial charge in [-0.1, -0.05) is 13.8 Å². The van der Waals surface area contributed by atoms with Gasteiger partial charge in [-0.25, -0.2) is 0 Å². The Hall–Kier alpha value is -0.870. The molecule has 1 aliphatic carbocycles. The largest absolute Gasteiger partial charge is 0.318 e. The summed E-state index contributed by atoms with van der Waals surface area (Å²) in [6.07, 6.45) is 7.44. The molecule has 1 heterocycles. The van der Waals surface area contributed by atoms with E-state index in [4.69, 9.17) is 0 Å². The predicted molar refractivity (Wildman–Crippen MR) is 88.4 cm³/mol. The number of hydrogen-bond donors (Lipinski definition) is 2. The van der Waals surface area contributed by atoms with Gasteiger partial charge in [0.1, 0.15) is 0 Å². The standard InChI is InChI=1S/C17H32N4/c1-13(2)14-5-7-15(8-6-14)17-16(11-19-20-17)12-21(4)10-9-18-3/h11,13-15,18H,5-10,12H2,1-4H3,(H,19,20)/t14-,15+. The molecular formula is C17H32N4. The van der Waals surface area contributed by atoms with Crippen molar-refractivity contribution in [1.82, 2.24) is 20.4 Å². The molecule has 0 saturated heterocycles. The molecule has 2 N–H and O–H groups in total. The Labute approximate surface area is 129 Å². The van der Waals surface area contributed by atoms with Crippen LogP contribution in [0.5, 0.6) is 0 Å². The van der Waals surface area contributed by atoms with E-state index in [-0.39, 0.29) is 0 Å². The van der Waals surface area contributed by atoms with Crippen LogP contribution in [0.2, 0.25) is 0 Å². The molecule has 0 aromatic carbocycles. The SMILES string of the molecule is CNCCN(C)Cc1c[nH]nc1[C@H]1CC[C@@H](C(C)C)CC1. The normalized spacial score (nSPS) is 23.1. The molecule has 0 bridgehead atoms. The molecule has 0 unspecified atom stereocenters. The minimum atomic E-state index is 0.666. The third-order valence-corrected chi connectivity index (χ3v) is 5.04. The molecule has 0 radical (unpaired) electrons. The van der Waals surface area contributed by atoms with Crippen LogP contribution in [-0.2, 0) is 6.54 Å². The molecule has 21 heavy (non-hydrogen) atoms. The van der Waals surface area contributed by atoms with Crippen LogP contribution in [0.15, 0.2) is 6.20 Å². The highest BCUT2D eigenvalue weighted by Gasteiger charge is 2.27. The molecule has 4 nitrogen and oxygen atoms in total. The summed E-state index contributed by atoms with van der Waals surface area (Å²) in [5.74, 6) is 2.41. The Morgan fingerprint density at radius 1 is 1.33 bits per heavy atom. The van der Waals surface area contributed by atoms with Gasteiger partial charge in [0.25, 0.3) is 0 Å². The van der Waals surface area contributed by atoms with E-state index in [9.17, 15) is 0 Å². The monoisotopic (exact) mass is 292 g/mol. The highest BCUT2D eigenvalue weighted by molar-refractivity contribution is 5.21. The van der Waals surface area contributed by atoms with Crippen LogP contribution in [0, 0.1) is 11.8 Å². The van der Waals surface area contributed by atoms with Gasteiger partial charge >= 0.3 is 0 Å². The summed E-state index contributed by atoms with van der Waals surface area (Å²) in [4.78, 5) is 2.37. The van der Waals surface area contributed by atoms with Crippen molar-refractivity contribution in [3.8, 4) is 0 Å². The first kappa shape index (κ1) is 16.5. The third-order valence-electron chi connectivity index (χ3n) is 5.04. The maximum absolute atomic E-state index is 4.58. The lowest BCUT2D eigenvalue weighted by atomic mass is 9.75. The van der Waals surface area contributed by atoms with E-state index in [0.29, 0.717) is 5.92 Å². The van der Waals surface area contributed by atoms with Gasteiger partial charge in [-0.15, -0.1) is 0 Å². The molecule has 1 aromatic rings. The third kappa shape index (κ3) is 4.55. The number of likely N-dealkylation sites (N-methyl/N-ethyl adjacent to an activating group) is 2. The van der Waals surface area contributed by atoms with Gasteiger partial charge in [0.05, 0.1) is 5.69 Å². The zero-order chi connectivity index (χ0) is 15.2. The van der Waals surface area contributed by atoms with Crippen LogP contribution < -0.4 is 5.32 Å². The second kappa shape index (κ2) is 7.95. The van der Waals surface area contributed by atoms with Crippen molar-refractivity contribution in [2.45, 2.75) is 52.0 Å². The van der Waals surface area contributed by atoms with Gasteiger partial charge in [0.15, 0.2) is 0 Å². The molecule has 1 saturated carbocycles. The molecule has 2 rings (SSSR count). The summed E-state index contributed by atoms with van der Waals surface area (Å²) >= 11 is 0. The van der Waals surface area contributed by atoms with E-state index in [1.807, 2.05) is 7.05 Å². The minimum Gasteiger partial charge on any atom is -0.318 e. The number of aromatic nitrogens is 2. The summed E-state index contributed by atoms with van der Waals surface area (Å²) in [5.41, 5.74) is 2.72. The van der Waals surface area contributed by atoms with E-state index < -0.39 is 0 Å². The quantitative estimate of drug-likeness (QED) is 0.812. The fourth-order valence-corrected chi connectivity index (χ4v) is 3.54. The second-order valence-electron chi connectivity index (χ2n) is 6.99. The molecule has 0 amide bonds. The lowest BCUT2D eigenvalue weighted by Gasteiger charge is -2.30. The topological polar surface area (TPSA) is 44.0 Å². The second-order valence-corrected chi connectivity index (χ2v) is 6.99. The lowest BCUT2D eigenvalue weighted by molar-refractivity contribution is 0.255. The summed E-state index contributed by atoms with van der Waals surface area (Å²) < 4.78 is 0. The molecule has 0 atom stereocenters. The van der Waals surface area contributed by atoms with Crippen molar-refractivity contribution < 1.29 is 0 Å². The average Bonchev–Trinajstić information content (AvgIpc) is 2.93. The molecule has 1 fully saturated rings. The number of rotatable bonds is 7. The number of nitrogens with one attached hydrogen (secondary N) is 2. The van der Waals surface area contributed by atoms with E-state index in [1.54, 1.807) is 0 Å². The van der Waals surface area contributed by atoms with Crippen molar-refractivity contribution in [1.29, 1.82) is 0 Å². The maximum atomic E-state index is 4.58. The van der Waals surface area contributed by atoms with Crippen molar-refractivity contribution in [3.63, 3.8) is 0 Å². The molecule has 120 valence electrons.